The van der Waals surface area contributed by atoms with Crippen molar-refractivity contribution in [3.63, 3.8) is 0 Å². The zero-order valence-corrected chi connectivity index (χ0v) is 9.32. The summed E-state index contributed by atoms with van der Waals surface area (Å²) >= 11 is 0. The monoisotopic (exact) mass is 222 g/mol. The molecule has 1 rings (SSSR count). The maximum absolute atomic E-state index is 10.6. The Hall–Kier alpha value is -1.97. The fraction of sp³-hybridized carbons (Fsp3) is 0.250. The molecule has 4 nitrogen and oxygen atoms in total. The van der Waals surface area contributed by atoms with Crippen LogP contribution in [-0.2, 0) is 11.2 Å². The normalized spacial score (nSPS) is 9.62. The molecule has 0 aromatic heterocycles. The number of hydrogen-bond acceptors (Lipinski definition) is 3. The Morgan fingerprint density at radius 2 is 1.94 bits per heavy atom. The lowest BCUT2D eigenvalue weighted by Crippen LogP contribution is -2.02. The van der Waals surface area contributed by atoms with E-state index in [1.54, 1.807) is 25.3 Å². The molecule has 0 spiro atoms. The molecule has 0 bridgehead atoms. The maximum Gasteiger partial charge on any atom is 0.331 e. The summed E-state index contributed by atoms with van der Waals surface area (Å²) in [6, 6.07) is 5.27. The average Bonchev–Trinajstić information content (AvgIpc) is 2.28. The first-order valence-electron chi connectivity index (χ1n) is 4.70. The van der Waals surface area contributed by atoms with Crippen LogP contribution in [0.4, 0.5) is 0 Å². The zero-order valence-electron chi connectivity index (χ0n) is 9.32. The molecule has 4 heteroatoms. The molecule has 1 aromatic carbocycles. The van der Waals surface area contributed by atoms with E-state index in [1.807, 2.05) is 0 Å². The first kappa shape index (κ1) is 12.1. The SMILES string of the molecule is C=C(Cc1ccc(OC)c(OC)c1)C(=O)O. The van der Waals surface area contributed by atoms with Gasteiger partial charge in [0.1, 0.15) is 0 Å². The van der Waals surface area contributed by atoms with Crippen LogP contribution in [0.5, 0.6) is 11.5 Å². The number of aliphatic carboxylic acids is 1. The summed E-state index contributed by atoms with van der Waals surface area (Å²) in [4.78, 5) is 10.6. The van der Waals surface area contributed by atoms with E-state index in [9.17, 15) is 4.79 Å². The maximum atomic E-state index is 10.6. The summed E-state index contributed by atoms with van der Waals surface area (Å²) in [7, 11) is 3.08. The Balaban J connectivity index is 2.91. The van der Waals surface area contributed by atoms with E-state index in [2.05, 4.69) is 6.58 Å². The van der Waals surface area contributed by atoms with Gasteiger partial charge < -0.3 is 14.6 Å². The van der Waals surface area contributed by atoms with Gasteiger partial charge in [0.05, 0.1) is 14.2 Å². The number of benzene rings is 1. The first-order valence-corrected chi connectivity index (χ1v) is 4.70. The van der Waals surface area contributed by atoms with Gasteiger partial charge in [-0.25, -0.2) is 4.79 Å². The molecule has 0 saturated heterocycles. The summed E-state index contributed by atoms with van der Waals surface area (Å²) < 4.78 is 10.2. The third-order valence-corrected chi connectivity index (χ3v) is 2.17. The lowest BCUT2D eigenvalue weighted by atomic mass is 10.1. The third-order valence-electron chi connectivity index (χ3n) is 2.17. The number of rotatable bonds is 5. The van der Waals surface area contributed by atoms with Crippen molar-refractivity contribution in [2.75, 3.05) is 14.2 Å². The second kappa shape index (κ2) is 5.21. The largest absolute Gasteiger partial charge is 0.493 e. The molecular weight excluding hydrogens is 208 g/mol. The lowest BCUT2D eigenvalue weighted by Gasteiger charge is -2.09. The smallest absolute Gasteiger partial charge is 0.331 e. The number of hydrogen-bond donors (Lipinski definition) is 1. The van der Waals surface area contributed by atoms with Crippen molar-refractivity contribution >= 4 is 5.97 Å². The highest BCUT2D eigenvalue weighted by atomic mass is 16.5. The van der Waals surface area contributed by atoms with E-state index in [1.165, 1.54) is 7.11 Å². The number of carbonyl (C=O) groups is 1. The fourth-order valence-electron chi connectivity index (χ4n) is 1.31. The molecule has 0 aliphatic carbocycles. The van der Waals surface area contributed by atoms with Gasteiger partial charge in [-0.3, -0.25) is 0 Å². The molecule has 0 atom stereocenters. The van der Waals surface area contributed by atoms with Crippen LogP contribution >= 0.6 is 0 Å². The highest BCUT2D eigenvalue weighted by Crippen LogP contribution is 2.28. The first-order chi connectivity index (χ1) is 7.58. The van der Waals surface area contributed by atoms with Gasteiger partial charge in [0.15, 0.2) is 11.5 Å². The van der Waals surface area contributed by atoms with E-state index < -0.39 is 5.97 Å². The molecule has 0 heterocycles. The Morgan fingerprint density at radius 1 is 1.31 bits per heavy atom. The van der Waals surface area contributed by atoms with Crippen molar-refractivity contribution < 1.29 is 19.4 Å². The van der Waals surface area contributed by atoms with Crippen LogP contribution in [0.2, 0.25) is 0 Å². The van der Waals surface area contributed by atoms with Gasteiger partial charge in [0.25, 0.3) is 0 Å². The summed E-state index contributed by atoms with van der Waals surface area (Å²) in [6.07, 6.45) is 0.287. The minimum absolute atomic E-state index is 0.146. The highest BCUT2D eigenvalue weighted by Gasteiger charge is 2.08. The van der Waals surface area contributed by atoms with Crippen LogP contribution in [0.3, 0.4) is 0 Å². The van der Waals surface area contributed by atoms with Gasteiger partial charge in [-0.1, -0.05) is 12.6 Å². The molecule has 0 saturated carbocycles. The summed E-state index contributed by atoms with van der Waals surface area (Å²) in [6.45, 7) is 3.48. The van der Waals surface area contributed by atoms with E-state index in [0.717, 1.165) is 5.56 Å². The Morgan fingerprint density at radius 3 is 2.44 bits per heavy atom. The van der Waals surface area contributed by atoms with Crippen LogP contribution in [-0.4, -0.2) is 25.3 Å². The lowest BCUT2D eigenvalue weighted by molar-refractivity contribution is -0.132. The second-order valence-corrected chi connectivity index (χ2v) is 3.27. The second-order valence-electron chi connectivity index (χ2n) is 3.27. The summed E-state index contributed by atoms with van der Waals surface area (Å²) in [5, 5.41) is 8.72. The number of carboxylic acid groups (broad SMARTS) is 1. The van der Waals surface area contributed by atoms with Crippen LogP contribution in [0.1, 0.15) is 5.56 Å². The van der Waals surface area contributed by atoms with Crippen LogP contribution in [0.15, 0.2) is 30.4 Å². The molecule has 0 aliphatic rings. The number of methoxy groups -OCH3 is 2. The molecule has 1 N–H and O–H groups in total. The predicted molar refractivity (Wildman–Crippen MR) is 60.0 cm³/mol. The minimum atomic E-state index is -0.991. The molecule has 16 heavy (non-hydrogen) atoms. The van der Waals surface area contributed by atoms with Crippen molar-refractivity contribution in [3.8, 4) is 11.5 Å². The minimum Gasteiger partial charge on any atom is -0.493 e. The quantitative estimate of drug-likeness (QED) is 0.773. The van der Waals surface area contributed by atoms with Crippen molar-refractivity contribution in [2.24, 2.45) is 0 Å². The third kappa shape index (κ3) is 2.76. The molecule has 0 fully saturated rings. The van der Waals surface area contributed by atoms with Crippen LogP contribution in [0.25, 0.3) is 0 Å². The zero-order chi connectivity index (χ0) is 12.1. The molecule has 0 unspecified atom stereocenters. The molecule has 0 amide bonds. The molecular formula is C12H14O4. The van der Waals surface area contributed by atoms with E-state index >= 15 is 0 Å². The van der Waals surface area contributed by atoms with Crippen LogP contribution in [0, 0.1) is 0 Å². The molecule has 0 radical (unpaired) electrons. The van der Waals surface area contributed by atoms with Gasteiger partial charge in [0, 0.05) is 12.0 Å². The summed E-state index contributed by atoms with van der Waals surface area (Å²) in [5.74, 6) is 0.208. The van der Waals surface area contributed by atoms with Gasteiger partial charge in [0.2, 0.25) is 0 Å². The van der Waals surface area contributed by atoms with Crippen LogP contribution < -0.4 is 9.47 Å². The number of ether oxygens (including phenoxy) is 2. The van der Waals surface area contributed by atoms with Gasteiger partial charge >= 0.3 is 5.97 Å². The Labute approximate surface area is 94.1 Å². The van der Waals surface area contributed by atoms with Gasteiger partial charge in [-0.2, -0.15) is 0 Å². The average molecular weight is 222 g/mol. The van der Waals surface area contributed by atoms with Crippen molar-refractivity contribution in [1.29, 1.82) is 0 Å². The van der Waals surface area contributed by atoms with E-state index in [-0.39, 0.29) is 12.0 Å². The number of carboxylic acids is 1. The van der Waals surface area contributed by atoms with Crippen molar-refractivity contribution in [2.45, 2.75) is 6.42 Å². The Kier molecular flexibility index (Phi) is 3.94. The van der Waals surface area contributed by atoms with E-state index in [0.29, 0.717) is 11.5 Å². The van der Waals surface area contributed by atoms with Gasteiger partial charge in [-0.15, -0.1) is 0 Å². The van der Waals surface area contributed by atoms with E-state index in [4.69, 9.17) is 14.6 Å². The summed E-state index contributed by atoms with van der Waals surface area (Å²) in [5.41, 5.74) is 0.970. The standard InChI is InChI=1S/C12H14O4/c1-8(12(13)14)6-9-4-5-10(15-2)11(7-9)16-3/h4-5,7H,1,6H2,2-3H3,(H,13,14). The van der Waals surface area contributed by atoms with Crippen molar-refractivity contribution in [1.82, 2.24) is 0 Å². The fourth-order valence-corrected chi connectivity index (χ4v) is 1.31. The topological polar surface area (TPSA) is 55.8 Å². The molecule has 0 aliphatic heterocycles. The van der Waals surface area contributed by atoms with Gasteiger partial charge in [-0.05, 0) is 17.7 Å². The Bertz CT molecular complexity index is 409. The molecule has 1 aromatic rings. The molecule has 86 valence electrons. The predicted octanol–water partition coefficient (Wildman–Crippen LogP) is 1.89. The van der Waals surface area contributed by atoms with Crippen molar-refractivity contribution in [3.05, 3.63) is 35.9 Å². The highest BCUT2D eigenvalue weighted by molar-refractivity contribution is 5.86.